The maximum atomic E-state index is 11.3. The van der Waals surface area contributed by atoms with Crippen LogP contribution in [0.25, 0.3) is 10.9 Å². The van der Waals surface area contributed by atoms with Gasteiger partial charge in [-0.05, 0) is 44.0 Å². The molecule has 1 aromatic carbocycles. The molecule has 1 atom stereocenters. The monoisotopic (exact) mass is 301 g/mol. The van der Waals surface area contributed by atoms with E-state index in [0.29, 0.717) is 6.04 Å². The third-order valence-corrected chi connectivity index (χ3v) is 4.92. The minimum atomic E-state index is -0.986. The molecule has 1 aromatic heterocycles. The van der Waals surface area contributed by atoms with Gasteiger partial charge in [-0.1, -0.05) is 0 Å². The fraction of sp³-hybridized carbons (Fsp3) is 0.471. The van der Waals surface area contributed by atoms with E-state index in [4.69, 9.17) is 5.73 Å². The smallest absolute Gasteiger partial charge is 0.325 e. The van der Waals surface area contributed by atoms with Gasteiger partial charge in [-0.2, -0.15) is 0 Å². The zero-order valence-corrected chi connectivity index (χ0v) is 13.6. The van der Waals surface area contributed by atoms with Crippen LogP contribution in [0.2, 0.25) is 0 Å². The zero-order valence-electron chi connectivity index (χ0n) is 13.6. The number of aliphatic carboxylic acids is 1. The summed E-state index contributed by atoms with van der Waals surface area (Å²) in [4.78, 5) is 13.7. The Morgan fingerprint density at radius 2 is 1.86 bits per heavy atom. The average molecular weight is 301 g/mol. The summed E-state index contributed by atoms with van der Waals surface area (Å²) in [7, 11) is 1.97. The molecule has 3 rings (SSSR count). The molecule has 0 spiro atoms. The maximum Gasteiger partial charge on any atom is 0.325 e. The second-order valence-corrected chi connectivity index (χ2v) is 6.51. The second kappa shape index (κ2) is 5.11. The van der Waals surface area contributed by atoms with Gasteiger partial charge in [0.1, 0.15) is 6.04 Å². The molecule has 0 amide bonds. The quantitative estimate of drug-likeness (QED) is 0.912. The summed E-state index contributed by atoms with van der Waals surface area (Å²) in [6.45, 7) is 8.19. The summed E-state index contributed by atoms with van der Waals surface area (Å²) < 4.78 is 2.05. The number of fused-ring (bicyclic) bond motifs is 2. The minimum Gasteiger partial charge on any atom is -0.480 e. The van der Waals surface area contributed by atoms with Gasteiger partial charge in [0.05, 0.1) is 0 Å². The molecular weight excluding hydrogens is 278 g/mol. The lowest BCUT2D eigenvalue weighted by atomic mass is 10.0. The summed E-state index contributed by atoms with van der Waals surface area (Å²) in [6, 6.07) is 3.85. The first kappa shape index (κ1) is 15.1. The molecule has 1 aliphatic heterocycles. The first-order chi connectivity index (χ1) is 10.3. The molecule has 0 saturated heterocycles. The van der Waals surface area contributed by atoms with E-state index in [1.807, 2.05) is 18.5 Å². The standard InChI is InChI=1S/C17H23N3O2/c1-9(2)20-7-11-5-13-14(6-12(11)8-20)19(4)10(3)15(13)16(18)17(21)22/h5-6,9,16H,7-8,18H2,1-4H3,(H,21,22). The highest BCUT2D eigenvalue weighted by atomic mass is 16.4. The Morgan fingerprint density at radius 3 is 2.41 bits per heavy atom. The highest BCUT2D eigenvalue weighted by Crippen LogP contribution is 2.35. The number of carboxylic acids is 1. The highest BCUT2D eigenvalue weighted by Gasteiger charge is 2.27. The van der Waals surface area contributed by atoms with Crippen molar-refractivity contribution < 1.29 is 9.90 Å². The van der Waals surface area contributed by atoms with Crippen molar-refractivity contribution in [2.75, 3.05) is 0 Å². The molecule has 118 valence electrons. The van der Waals surface area contributed by atoms with Gasteiger partial charge in [0.2, 0.25) is 0 Å². The van der Waals surface area contributed by atoms with Crippen molar-refractivity contribution in [3.05, 3.63) is 34.5 Å². The number of aromatic nitrogens is 1. The van der Waals surface area contributed by atoms with Crippen molar-refractivity contribution >= 4 is 16.9 Å². The van der Waals surface area contributed by atoms with E-state index in [9.17, 15) is 9.90 Å². The van der Waals surface area contributed by atoms with Crippen molar-refractivity contribution in [3.8, 4) is 0 Å². The van der Waals surface area contributed by atoms with Crippen LogP contribution in [-0.4, -0.2) is 26.6 Å². The molecule has 0 saturated carbocycles. The number of carboxylic acid groups (broad SMARTS) is 1. The predicted octanol–water partition coefficient (Wildman–Crippen LogP) is 2.30. The van der Waals surface area contributed by atoms with E-state index in [2.05, 4.69) is 30.9 Å². The lowest BCUT2D eigenvalue weighted by Gasteiger charge is -2.18. The van der Waals surface area contributed by atoms with Crippen LogP contribution < -0.4 is 5.73 Å². The summed E-state index contributed by atoms with van der Waals surface area (Å²) in [5.41, 5.74) is 11.3. The number of hydrogen-bond acceptors (Lipinski definition) is 3. The van der Waals surface area contributed by atoms with Gasteiger partial charge in [-0.3, -0.25) is 9.69 Å². The van der Waals surface area contributed by atoms with Gasteiger partial charge in [0.25, 0.3) is 0 Å². The first-order valence-corrected chi connectivity index (χ1v) is 7.64. The van der Waals surface area contributed by atoms with Crippen molar-refractivity contribution in [1.82, 2.24) is 9.47 Å². The fourth-order valence-electron chi connectivity index (χ4n) is 3.39. The molecule has 0 bridgehead atoms. The van der Waals surface area contributed by atoms with Crippen molar-refractivity contribution in [2.45, 2.75) is 45.9 Å². The Balaban J connectivity index is 2.18. The molecule has 0 radical (unpaired) electrons. The highest BCUT2D eigenvalue weighted by molar-refractivity contribution is 5.92. The maximum absolute atomic E-state index is 11.3. The molecule has 3 N–H and O–H groups in total. The summed E-state index contributed by atoms with van der Waals surface area (Å²) in [6.07, 6.45) is 0. The molecule has 0 aliphatic carbocycles. The number of rotatable bonds is 3. The number of carbonyl (C=O) groups is 1. The average Bonchev–Trinajstić information content (AvgIpc) is 2.97. The van der Waals surface area contributed by atoms with Gasteiger partial charge >= 0.3 is 5.97 Å². The number of hydrogen-bond donors (Lipinski definition) is 2. The van der Waals surface area contributed by atoms with E-state index < -0.39 is 12.0 Å². The first-order valence-electron chi connectivity index (χ1n) is 7.64. The summed E-state index contributed by atoms with van der Waals surface area (Å²) >= 11 is 0. The van der Waals surface area contributed by atoms with Crippen LogP contribution >= 0.6 is 0 Å². The molecule has 5 heteroatoms. The van der Waals surface area contributed by atoms with Crippen LogP contribution in [-0.2, 0) is 24.9 Å². The van der Waals surface area contributed by atoms with Gasteiger partial charge in [0.15, 0.2) is 0 Å². The van der Waals surface area contributed by atoms with Crippen molar-refractivity contribution in [3.63, 3.8) is 0 Å². The van der Waals surface area contributed by atoms with E-state index in [0.717, 1.165) is 35.2 Å². The van der Waals surface area contributed by atoms with E-state index in [1.165, 1.54) is 11.1 Å². The molecule has 0 fully saturated rings. The third kappa shape index (κ3) is 2.12. The Kier molecular flexibility index (Phi) is 3.50. The normalized spacial score (nSPS) is 16.5. The third-order valence-electron chi connectivity index (χ3n) is 4.92. The van der Waals surface area contributed by atoms with Gasteiger partial charge in [0, 0.05) is 48.3 Å². The second-order valence-electron chi connectivity index (χ2n) is 6.51. The molecule has 1 unspecified atom stereocenters. The van der Waals surface area contributed by atoms with Crippen LogP contribution in [0.1, 0.15) is 42.3 Å². The van der Waals surface area contributed by atoms with Crippen LogP contribution in [0.3, 0.4) is 0 Å². The summed E-state index contributed by atoms with van der Waals surface area (Å²) in [5, 5.41) is 10.3. The molecule has 2 aromatic rings. The minimum absolute atomic E-state index is 0.498. The largest absolute Gasteiger partial charge is 0.480 e. The Hall–Kier alpha value is -1.85. The number of nitrogens with two attached hydrogens (primary N) is 1. The fourth-order valence-corrected chi connectivity index (χ4v) is 3.39. The number of benzene rings is 1. The molecule has 22 heavy (non-hydrogen) atoms. The van der Waals surface area contributed by atoms with Crippen LogP contribution in [0.15, 0.2) is 12.1 Å². The molecule has 5 nitrogen and oxygen atoms in total. The van der Waals surface area contributed by atoms with E-state index in [-0.39, 0.29) is 0 Å². The molecule has 2 heterocycles. The van der Waals surface area contributed by atoms with Crippen LogP contribution in [0, 0.1) is 6.92 Å². The Bertz CT molecular complexity index is 761. The van der Waals surface area contributed by atoms with Gasteiger partial charge < -0.3 is 15.4 Å². The van der Waals surface area contributed by atoms with E-state index >= 15 is 0 Å². The van der Waals surface area contributed by atoms with Crippen LogP contribution in [0.5, 0.6) is 0 Å². The molecular formula is C17H23N3O2. The number of nitrogens with zero attached hydrogens (tertiary/aromatic N) is 2. The zero-order chi connectivity index (χ0) is 16.2. The Morgan fingerprint density at radius 1 is 1.27 bits per heavy atom. The van der Waals surface area contributed by atoms with Gasteiger partial charge in [-0.25, -0.2) is 0 Å². The van der Waals surface area contributed by atoms with Crippen molar-refractivity contribution in [2.24, 2.45) is 12.8 Å². The SMILES string of the molecule is Cc1c(C(N)C(=O)O)c2cc3c(cc2n1C)CN(C(C)C)C3. The lowest BCUT2D eigenvalue weighted by molar-refractivity contribution is -0.138. The summed E-state index contributed by atoms with van der Waals surface area (Å²) in [5.74, 6) is -0.986. The van der Waals surface area contributed by atoms with E-state index in [1.54, 1.807) is 0 Å². The van der Waals surface area contributed by atoms with Crippen LogP contribution in [0.4, 0.5) is 0 Å². The van der Waals surface area contributed by atoms with Crippen molar-refractivity contribution in [1.29, 1.82) is 0 Å². The lowest BCUT2D eigenvalue weighted by Crippen LogP contribution is -2.24. The van der Waals surface area contributed by atoms with Gasteiger partial charge in [-0.15, -0.1) is 0 Å². The molecule has 1 aliphatic rings. The number of aryl methyl sites for hydroxylation is 1. The Labute approximate surface area is 130 Å². The topological polar surface area (TPSA) is 71.5 Å². The predicted molar refractivity (Wildman–Crippen MR) is 86.6 cm³/mol.